The summed E-state index contributed by atoms with van der Waals surface area (Å²) >= 11 is 0. The van der Waals surface area contributed by atoms with Crippen molar-refractivity contribution in [2.75, 3.05) is 0 Å². The molecule has 1 unspecified atom stereocenters. The fourth-order valence-electron chi connectivity index (χ4n) is 2.28. The Kier molecular flexibility index (Phi) is 4.97. The molecule has 1 atom stereocenters. The molecule has 104 valence electrons. The molecule has 0 saturated carbocycles. The monoisotopic (exact) mass is 267 g/mol. The number of aliphatic hydroxyl groups is 1. The second-order valence-electron chi connectivity index (χ2n) is 4.87. The molecule has 2 N–H and O–H groups in total. The maximum atomic E-state index is 11.1. The molecular weight excluding hydrogens is 246 g/mol. The Labute approximate surface area is 120 Å². The Hall–Kier alpha value is -2.06. The van der Waals surface area contributed by atoms with E-state index in [4.69, 9.17) is 0 Å². The minimum atomic E-state index is -0.980. The number of benzene rings is 1. The van der Waals surface area contributed by atoms with E-state index in [1.165, 1.54) is 0 Å². The smallest absolute Gasteiger partial charge is 0.119 e. The highest BCUT2D eigenvalue weighted by Gasteiger charge is 2.30. The quantitative estimate of drug-likeness (QED) is 0.573. The van der Waals surface area contributed by atoms with Gasteiger partial charge in [-0.05, 0) is 24.5 Å². The predicted octanol–water partition coefficient (Wildman–Crippen LogP) is 4.16. The highest BCUT2D eigenvalue weighted by molar-refractivity contribution is 5.35. The fraction of sp³-hybridized carbons (Fsp3) is 0.222. The third-order valence-electron chi connectivity index (χ3n) is 3.44. The van der Waals surface area contributed by atoms with Crippen LogP contribution in [0.4, 0.5) is 0 Å². The number of H-pyrrole nitrogens is 1. The molecule has 0 aliphatic heterocycles. The highest BCUT2D eigenvalue weighted by atomic mass is 16.3. The van der Waals surface area contributed by atoms with E-state index < -0.39 is 5.60 Å². The average Bonchev–Trinajstić information content (AvgIpc) is 3.02. The van der Waals surface area contributed by atoms with Gasteiger partial charge < -0.3 is 10.1 Å². The van der Waals surface area contributed by atoms with Crippen LogP contribution >= 0.6 is 0 Å². The lowest BCUT2D eigenvalue weighted by molar-refractivity contribution is 0.0842. The van der Waals surface area contributed by atoms with Gasteiger partial charge in [-0.1, -0.05) is 48.6 Å². The molecule has 0 saturated heterocycles. The summed E-state index contributed by atoms with van der Waals surface area (Å²) < 4.78 is 0. The Bertz CT molecular complexity index is 542. The summed E-state index contributed by atoms with van der Waals surface area (Å²) in [7, 11) is 0. The molecule has 0 spiro atoms. The first-order valence-corrected chi connectivity index (χ1v) is 6.94. The predicted molar refractivity (Wildman–Crippen MR) is 83.4 cm³/mol. The highest BCUT2D eigenvalue weighted by Crippen LogP contribution is 2.33. The van der Waals surface area contributed by atoms with E-state index in [0.717, 1.165) is 24.0 Å². The van der Waals surface area contributed by atoms with Gasteiger partial charge in [0, 0.05) is 24.4 Å². The topological polar surface area (TPSA) is 36.0 Å². The van der Waals surface area contributed by atoms with Crippen LogP contribution in [0, 0.1) is 0 Å². The fourth-order valence-corrected chi connectivity index (χ4v) is 2.28. The van der Waals surface area contributed by atoms with Crippen LogP contribution < -0.4 is 0 Å². The third-order valence-corrected chi connectivity index (χ3v) is 3.44. The number of unbranched alkanes of at least 4 members (excludes halogenated alkanes) is 1. The average molecular weight is 267 g/mol. The molecule has 2 rings (SSSR count). The summed E-state index contributed by atoms with van der Waals surface area (Å²) in [5.74, 6) is 0. The van der Waals surface area contributed by atoms with E-state index in [-0.39, 0.29) is 0 Å². The Morgan fingerprint density at radius 3 is 2.50 bits per heavy atom. The first kappa shape index (κ1) is 14.4. The molecule has 2 heteroatoms. The molecule has 0 bridgehead atoms. The molecule has 2 aromatic rings. The SMILES string of the molecule is C=CCC/C=C\CC(O)(c1ccccc1)c1cc[nH]c1. The van der Waals surface area contributed by atoms with Crippen molar-refractivity contribution in [2.24, 2.45) is 0 Å². The maximum absolute atomic E-state index is 11.1. The Morgan fingerprint density at radius 2 is 1.85 bits per heavy atom. The van der Waals surface area contributed by atoms with Crippen molar-refractivity contribution in [1.29, 1.82) is 0 Å². The van der Waals surface area contributed by atoms with Gasteiger partial charge >= 0.3 is 0 Å². The van der Waals surface area contributed by atoms with Crippen LogP contribution in [0.15, 0.2) is 73.6 Å². The number of aromatic amines is 1. The molecule has 0 amide bonds. The zero-order valence-electron chi connectivity index (χ0n) is 11.6. The largest absolute Gasteiger partial charge is 0.380 e. The Balaban J connectivity index is 2.22. The van der Waals surface area contributed by atoms with Gasteiger partial charge in [0.05, 0.1) is 0 Å². The molecule has 1 aromatic heterocycles. The number of aromatic nitrogens is 1. The van der Waals surface area contributed by atoms with E-state index in [1.807, 2.05) is 60.9 Å². The van der Waals surface area contributed by atoms with Crippen LogP contribution in [0.3, 0.4) is 0 Å². The van der Waals surface area contributed by atoms with E-state index in [1.54, 1.807) is 0 Å². The van der Waals surface area contributed by atoms with Crippen molar-refractivity contribution in [2.45, 2.75) is 24.9 Å². The van der Waals surface area contributed by atoms with Gasteiger partial charge in [0.15, 0.2) is 0 Å². The third kappa shape index (κ3) is 3.28. The van der Waals surface area contributed by atoms with Crippen molar-refractivity contribution in [3.8, 4) is 0 Å². The van der Waals surface area contributed by atoms with Crippen molar-refractivity contribution in [1.82, 2.24) is 4.98 Å². The standard InChI is InChI=1S/C18H21NO/c1-2-3-4-5-9-13-18(20,17-12-14-19-15-17)16-10-7-6-8-11-16/h2,5-12,14-15,19-20H,1,3-4,13H2/b9-5-. The lowest BCUT2D eigenvalue weighted by atomic mass is 9.85. The first-order chi connectivity index (χ1) is 9.77. The van der Waals surface area contributed by atoms with Crippen LogP contribution in [0.1, 0.15) is 30.4 Å². The summed E-state index contributed by atoms with van der Waals surface area (Å²) in [6.07, 6.45) is 12.2. The first-order valence-electron chi connectivity index (χ1n) is 6.94. The van der Waals surface area contributed by atoms with Gasteiger partial charge in [0.25, 0.3) is 0 Å². The van der Waals surface area contributed by atoms with Crippen LogP contribution in [0.2, 0.25) is 0 Å². The van der Waals surface area contributed by atoms with Gasteiger partial charge in [-0.3, -0.25) is 0 Å². The number of hydrogen-bond donors (Lipinski definition) is 2. The van der Waals surface area contributed by atoms with Crippen molar-refractivity contribution < 1.29 is 5.11 Å². The molecule has 1 aromatic carbocycles. The van der Waals surface area contributed by atoms with Crippen molar-refractivity contribution in [3.05, 3.63) is 84.7 Å². The van der Waals surface area contributed by atoms with Crippen LogP contribution in [-0.4, -0.2) is 10.1 Å². The molecule has 0 fully saturated rings. The molecule has 20 heavy (non-hydrogen) atoms. The minimum Gasteiger partial charge on any atom is -0.380 e. The van der Waals surface area contributed by atoms with E-state index >= 15 is 0 Å². The van der Waals surface area contributed by atoms with Crippen LogP contribution in [-0.2, 0) is 5.60 Å². The molecule has 2 nitrogen and oxygen atoms in total. The summed E-state index contributed by atoms with van der Waals surface area (Å²) in [5.41, 5.74) is 0.816. The number of rotatable bonds is 7. The van der Waals surface area contributed by atoms with E-state index in [2.05, 4.69) is 17.6 Å². The summed E-state index contributed by atoms with van der Waals surface area (Å²) in [4.78, 5) is 3.02. The van der Waals surface area contributed by atoms with Gasteiger partial charge in [-0.2, -0.15) is 0 Å². The van der Waals surface area contributed by atoms with Crippen molar-refractivity contribution in [3.63, 3.8) is 0 Å². The van der Waals surface area contributed by atoms with Gasteiger partial charge in [0.1, 0.15) is 5.60 Å². The maximum Gasteiger partial charge on any atom is 0.119 e. The summed E-state index contributed by atoms with van der Waals surface area (Å²) in [5, 5.41) is 11.1. The molecule has 0 radical (unpaired) electrons. The number of hydrogen-bond acceptors (Lipinski definition) is 1. The Morgan fingerprint density at radius 1 is 1.05 bits per heavy atom. The van der Waals surface area contributed by atoms with Gasteiger partial charge in [0.2, 0.25) is 0 Å². The van der Waals surface area contributed by atoms with Crippen LogP contribution in [0.25, 0.3) is 0 Å². The number of allylic oxidation sites excluding steroid dienone is 2. The summed E-state index contributed by atoms with van der Waals surface area (Å²) in [6, 6.07) is 11.7. The van der Waals surface area contributed by atoms with Gasteiger partial charge in [-0.15, -0.1) is 6.58 Å². The van der Waals surface area contributed by atoms with Crippen molar-refractivity contribution >= 4 is 0 Å². The lowest BCUT2D eigenvalue weighted by Gasteiger charge is -2.27. The lowest BCUT2D eigenvalue weighted by Crippen LogP contribution is -2.25. The van der Waals surface area contributed by atoms with E-state index in [9.17, 15) is 5.11 Å². The second-order valence-corrected chi connectivity index (χ2v) is 4.87. The molecule has 0 aliphatic carbocycles. The molecule has 1 heterocycles. The normalized spacial score (nSPS) is 14.2. The minimum absolute atomic E-state index is 0.562. The zero-order chi connectivity index (χ0) is 14.3. The van der Waals surface area contributed by atoms with Gasteiger partial charge in [-0.25, -0.2) is 0 Å². The van der Waals surface area contributed by atoms with Crippen LogP contribution in [0.5, 0.6) is 0 Å². The zero-order valence-corrected chi connectivity index (χ0v) is 11.6. The molecule has 0 aliphatic rings. The number of nitrogens with one attached hydrogen (secondary N) is 1. The molecular formula is C18H21NO. The van der Waals surface area contributed by atoms with E-state index in [0.29, 0.717) is 6.42 Å². The summed E-state index contributed by atoms with van der Waals surface area (Å²) in [6.45, 7) is 3.71. The second kappa shape index (κ2) is 6.92.